The molecule has 0 bridgehead atoms. The topological polar surface area (TPSA) is 78.2 Å². The number of nitrogens with zero attached hydrogens (tertiary/aromatic N) is 1. The van der Waals surface area contributed by atoms with Crippen molar-refractivity contribution in [3.8, 4) is 6.07 Å². The Morgan fingerprint density at radius 3 is 2.67 bits per heavy atom. The SMILES string of the molecule is CCCCC(O)C1(C#N)CCS(=O)(=O)C1. The lowest BCUT2D eigenvalue weighted by Crippen LogP contribution is -2.35. The van der Waals surface area contributed by atoms with Crippen LogP contribution in [0.3, 0.4) is 0 Å². The molecule has 5 heteroatoms. The third kappa shape index (κ3) is 2.70. The van der Waals surface area contributed by atoms with Gasteiger partial charge in [-0.25, -0.2) is 8.42 Å². The van der Waals surface area contributed by atoms with Gasteiger partial charge in [0.15, 0.2) is 9.84 Å². The summed E-state index contributed by atoms with van der Waals surface area (Å²) in [4.78, 5) is 0. The Hall–Kier alpha value is -0.600. The standard InChI is InChI=1S/C10H17NO3S/c1-2-3-4-9(12)10(7-11)5-6-15(13,14)8-10/h9,12H,2-6,8H2,1H3. The molecule has 0 aromatic rings. The molecule has 1 aliphatic heterocycles. The fourth-order valence-electron chi connectivity index (χ4n) is 1.97. The predicted molar refractivity (Wildman–Crippen MR) is 56.8 cm³/mol. The minimum Gasteiger partial charge on any atom is -0.391 e. The van der Waals surface area contributed by atoms with Gasteiger partial charge < -0.3 is 5.11 Å². The molecule has 1 N–H and O–H groups in total. The number of hydrogen-bond donors (Lipinski definition) is 1. The van der Waals surface area contributed by atoms with Crippen LogP contribution in [0, 0.1) is 16.7 Å². The third-order valence-corrected chi connectivity index (χ3v) is 4.81. The van der Waals surface area contributed by atoms with E-state index < -0.39 is 21.4 Å². The first-order chi connectivity index (χ1) is 6.96. The lowest BCUT2D eigenvalue weighted by molar-refractivity contribution is 0.0694. The monoisotopic (exact) mass is 231 g/mol. The van der Waals surface area contributed by atoms with Crippen molar-refractivity contribution in [1.82, 2.24) is 0 Å². The fourth-order valence-corrected chi connectivity index (χ4v) is 3.98. The van der Waals surface area contributed by atoms with Gasteiger partial charge in [-0.1, -0.05) is 19.8 Å². The van der Waals surface area contributed by atoms with Gasteiger partial charge in [-0.3, -0.25) is 0 Å². The summed E-state index contributed by atoms with van der Waals surface area (Å²) in [6.07, 6.45) is 1.74. The summed E-state index contributed by atoms with van der Waals surface area (Å²) in [5.41, 5.74) is -1.05. The molecule has 1 heterocycles. The van der Waals surface area contributed by atoms with Crippen LogP contribution in [0.5, 0.6) is 0 Å². The zero-order valence-corrected chi connectivity index (χ0v) is 9.76. The molecule has 0 amide bonds. The summed E-state index contributed by atoms with van der Waals surface area (Å²) in [5, 5.41) is 18.9. The summed E-state index contributed by atoms with van der Waals surface area (Å²) in [5.74, 6) is -0.148. The van der Waals surface area contributed by atoms with E-state index >= 15 is 0 Å². The summed E-state index contributed by atoms with van der Waals surface area (Å²) in [6, 6.07) is 2.01. The van der Waals surface area contributed by atoms with Gasteiger partial charge in [-0.05, 0) is 12.8 Å². The molecule has 0 aliphatic carbocycles. The van der Waals surface area contributed by atoms with E-state index in [4.69, 9.17) is 5.26 Å². The second-order valence-electron chi connectivity index (χ2n) is 4.27. The number of aliphatic hydroxyl groups is 1. The number of sulfone groups is 1. The molecule has 2 atom stereocenters. The van der Waals surface area contributed by atoms with Crippen LogP contribution in [0.15, 0.2) is 0 Å². The van der Waals surface area contributed by atoms with Crippen LogP contribution < -0.4 is 0 Å². The Labute approximate surface area is 90.8 Å². The first-order valence-corrected chi connectivity index (χ1v) is 7.07. The minimum atomic E-state index is -3.12. The Balaban J connectivity index is 2.76. The predicted octanol–water partition coefficient (Wildman–Crippen LogP) is 0.866. The van der Waals surface area contributed by atoms with Crippen molar-refractivity contribution in [3.05, 3.63) is 0 Å². The maximum absolute atomic E-state index is 11.3. The molecule has 4 nitrogen and oxygen atoms in total. The Bertz CT molecular complexity index is 357. The van der Waals surface area contributed by atoms with Crippen molar-refractivity contribution in [1.29, 1.82) is 5.26 Å². The molecule has 2 unspecified atom stereocenters. The molecule has 0 radical (unpaired) electrons. The van der Waals surface area contributed by atoms with E-state index in [0.29, 0.717) is 6.42 Å². The van der Waals surface area contributed by atoms with Crippen LogP contribution in [-0.2, 0) is 9.84 Å². The van der Waals surface area contributed by atoms with Crippen molar-refractivity contribution in [2.45, 2.75) is 38.7 Å². The molecule has 1 aliphatic rings. The quantitative estimate of drug-likeness (QED) is 0.778. The maximum atomic E-state index is 11.3. The van der Waals surface area contributed by atoms with Gasteiger partial charge in [0.05, 0.1) is 29.1 Å². The molecular weight excluding hydrogens is 214 g/mol. The largest absolute Gasteiger partial charge is 0.391 e. The molecule has 86 valence electrons. The lowest BCUT2D eigenvalue weighted by atomic mass is 9.81. The molecular formula is C10H17NO3S. The van der Waals surface area contributed by atoms with Crippen LogP contribution in [-0.4, -0.2) is 31.1 Å². The Kier molecular flexibility index (Phi) is 3.74. The fraction of sp³-hybridized carbons (Fsp3) is 0.900. The van der Waals surface area contributed by atoms with Crippen LogP contribution in [0.4, 0.5) is 0 Å². The van der Waals surface area contributed by atoms with E-state index in [2.05, 4.69) is 0 Å². The number of unbranched alkanes of at least 4 members (excludes halogenated alkanes) is 1. The average Bonchev–Trinajstić information content (AvgIpc) is 2.52. The molecule has 1 fully saturated rings. The summed E-state index contributed by atoms with van der Waals surface area (Å²) >= 11 is 0. The van der Waals surface area contributed by atoms with Crippen LogP contribution >= 0.6 is 0 Å². The first-order valence-electron chi connectivity index (χ1n) is 5.25. The second kappa shape index (κ2) is 4.50. The highest BCUT2D eigenvalue weighted by atomic mass is 32.2. The molecule has 15 heavy (non-hydrogen) atoms. The zero-order valence-electron chi connectivity index (χ0n) is 8.94. The van der Waals surface area contributed by atoms with Crippen LogP contribution in [0.1, 0.15) is 32.6 Å². The molecule has 0 saturated carbocycles. The van der Waals surface area contributed by atoms with Gasteiger partial charge in [0, 0.05) is 0 Å². The number of hydrogen-bond acceptors (Lipinski definition) is 4. The maximum Gasteiger partial charge on any atom is 0.152 e. The van der Waals surface area contributed by atoms with Crippen molar-refractivity contribution < 1.29 is 13.5 Å². The third-order valence-electron chi connectivity index (χ3n) is 3.03. The number of rotatable bonds is 4. The number of aliphatic hydroxyl groups excluding tert-OH is 1. The summed E-state index contributed by atoms with van der Waals surface area (Å²) in [6.45, 7) is 2.00. The highest BCUT2D eigenvalue weighted by molar-refractivity contribution is 7.91. The highest BCUT2D eigenvalue weighted by Crippen LogP contribution is 2.36. The van der Waals surface area contributed by atoms with E-state index in [1.165, 1.54) is 0 Å². The van der Waals surface area contributed by atoms with Gasteiger partial charge in [0.1, 0.15) is 0 Å². The first kappa shape index (κ1) is 12.5. The molecule has 1 saturated heterocycles. The van der Waals surface area contributed by atoms with Crippen LogP contribution in [0.25, 0.3) is 0 Å². The Morgan fingerprint density at radius 2 is 2.27 bits per heavy atom. The number of nitriles is 1. The van der Waals surface area contributed by atoms with E-state index in [1.54, 1.807) is 0 Å². The van der Waals surface area contributed by atoms with Crippen molar-refractivity contribution >= 4 is 9.84 Å². The Morgan fingerprint density at radius 1 is 1.60 bits per heavy atom. The normalized spacial score (nSPS) is 31.0. The van der Waals surface area contributed by atoms with Crippen LogP contribution in [0.2, 0.25) is 0 Å². The molecule has 0 aromatic carbocycles. The average molecular weight is 231 g/mol. The summed E-state index contributed by atoms with van der Waals surface area (Å²) < 4.78 is 22.6. The molecule has 0 aromatic heterocycles. The summed E-state index contributed by atoms with van der Waals surface area (Å²) in [7, 11) is -3.12. The van der Waals surface area contributed by atoms with E-state index in [0.717, 1.165) is 12.8 Å². The lowest BCUT2D eigenvalue weighted by Gasteiger charge is -2.25. The van der Waals surface area contributed by atoms with Gasteiger partial charge in [0.25, 0.3) is 0 Å². The second-order valence-corrected chi connectivity index (χ2v) is 6.45. The zero-order chi connectivity index (χ0) is 11.5. The van der Waals surface area contributed by atoms with Crippen molar-refractivity contribution in [2.75, 3.05) is 11.5 Å². The highest BCUT2D eigenvalue weighted by Gasteiger charge is 2.47. The molecule has 0 spiro atoms. The molecule has 1 rings (SSSR count). The van der Waals surface area contributed by atoms with Crippen molar-refractivity contribution in [2.24, 2.45) is 5.41 Å². The van der Waals surface area contributed by atoms with Crippen molar-refractivity contribution in [3.63, 3.8) is 0 Å². The van der Waals surface area contributed by atoms with E-state index in [9.17, 15) is 13.5 Å². The van der Waals surface area contributed by atoms with Gasteiger partial charge >= 0.3 is 0 Å². The van der Waals surface area contributed by atoms with E-state index in [-0.39, 0.29) is 17.9 Å². The van der Waals surface area contributed by atoms with E-state index in [1.807, 2.05) is 13.0 Å². The minimum absolute atomic E-state index is 0.0315. The van der Waals surface area contributed by atoms with Gasteiger partial charge in [0.2, 0.25) is 0 Å². The smallest absolute Gasteiger partial charge is 0.152 e. The van der Waals surface area contributed by atoms with Gasteiger partial charge in [-0.15, -0.1) is 0 Å². The van der Waals surface area contributed by atoms with Gasteiger partial charge in [-0.2, -0.15) is 5.26 Å².